The highest BCUT2D eigenvalue weighted by atomic mass is 35.5. The van der Waals surface area contributed by atoms with Crippen LogP contribution < -0.4 is 10.8 Å². The number of nitrogens with one attached hydrogen (secondary N) is 3. The van der Waals surface area contributed by atoms with E-state index in [0.29, 0.717) is 28.4 Å². The number of hydrogen-bond donors (Lipinski definition) is 4. The van der Waals surface area contributed by atoms with Crippen LogP contribution in [0.2, 0.25) is 5.02 Å². The molecule has 4 aromatic rings. The Bertz CT molecular complexity index is 1490. The summed E-state index contributed by atoms with van der Waals surface area (Å²) in [6.45, 7) is 0.281. The molecule has 0 radical (unpaired) electrons. The zero-order chi connectivity index (χ0) is 25.0. The Morgan fingerprint density at radius 3 is 2.63 bits per heavy atom. The summed E-state index contributed by atoms with van der Waals surface area (Å²) in [7, 11) is -3.55. The Kier molecular flexibility index (Phi) is 7.24. The van der Waals surface area contributed by atoms with Gasteiger partial charge in [0.25, 0.3) is 0 Å². The Labute approximate surface area is 203 Å². The number of hydroxylamine groups is 1. The predicted molar refractivity (Wildman–Crippen MR) is 128 cm³/mol. The molecule has 13 heteroatoms. The van der Waals surface area contributed by atoms with Gasteiger partial charge in [-0.3, -0.25) is 10.7 Å². The number of nitrogens with zero attached hydrogens (tertiary/aromatic N) is 3. The first-order chi connectivity index (χ1) is 16.8. The van der Waals surface area contributed by atoms with Crippen LogP contribution in [-0.4, -0.2) is 46.7 Å². The van der Waals surface area contributed by atoms with Crippen LogP contribution in [0.25, 0.3) is 11.2 Å². The number of imidazole rings is 1. The highest BCUT2D eigenvalue weighted by molar-refractivity contribution is 7.91. The van der Waals surface area contributed by atoms with Crippen LogP contribution in [0.3, 0.4) is 0 Å². The van der Waals surface area contributed by atoms with Gasteiger partial charge in [-0.15, -0.1) is 0 Å². The topological polar surface area (TPSA) is 132 Å². The number of sulfone groups is 1. The molecule has 4 N–H and O–H groups in total. The fourth-order valence-corrected chi connectivity index (χ4v) is 4.74. The molecule has 0 saturated heterocycles. The minimum absolute atomic E-state index is 0.0423. The number of fused-ring (bicyclic) bond motifs is 1. The first kappa shape index (κ1) is 24.5. The minimum atomic E-state index is -3.55. The number of H-pyrrole nitrogens is 1. The van der Waals surface area contributed by atoms with E-state index in [-0.39, 0.29) is 34.5 Å². The number of aromatic amines is 1. The summed E-state index contributed by atoms with van der Waals surface area (Å²) in [6, 6.07) is 10.1. The standard InChI is InChI=1S/C22H19ClF2N6O3S/c23-17-12-14(4-7-18(17)25)28-20(31-32)16-8-10-26-21-19(16)29-22(30-21)27-9-1-11-35(33,34)15-5-2-13(24)3-6-15/h2-8,10,12,32H,1,9,11H2,(H,28,31)(H2,26,27,29,30). The summed E-state index contributed by atoms with van der Waals surface area (Å²) < 4.78 is 51.2. The van der Waals surface area contributed by atoms with Crippen LogP contribution >= 0.6 is 11.6 Å². The van der Waals surface area contributed by atoms with Gasteiger partial charge >= 0.3 is 0 Å². The maximum Gasteiger partial charge on any atom is 0.202 e. The van der Waals surface area contributed by atoms with E-state index in [4.69, 9.17) is 11.6 Å². The van der Waals surface area contributed by atoms with Gasteiger partial charge in [0.05, 0.1) is 26.9 Å². The molecule has 9 nitrogen and oxygen atoms in total. The number of rotatable bonds is 8. The van der Waals surface area contributed by atoms with Crippen molar-refractivity contribution in [3.8, 4) is 0 Å². The van der Waals surface area contributed by atoms with Crippen LogP contribution in [0.5, 0.6) is 0 Å². The van der Waals surface area contributed by atoms with E-state index in [9.17, 15) is 22.4 Å². The molecule has 0 aliphatic heterocycles. The average molecular weight is 521 g/mol. The number of hydrogen-bond acceptors (Lipinski definition) is 7. The molecule has 4 rings (SSSR count). The number of pyridine rings is 1. The molecule has 35 heavy (non-hydrogen) atoms. The van der Waals surface area contributed by atoms with Crippen LogP contribution in [0.1, 0.15) is 12.0 Å². The lowest BCUT2D eigenvalue weighted by atomic mass is 10.2. The number of benzene rings is 2. The first-order valence-corrected chi connectivity index (χ1v) is 12.3. The van der Waals surface area contributed by atoms with Crippen molar-refractivity contribution < 1.29 is 22.4 Å². The molecule has 2 aromatic carbocycles. The number of anilines is 1. The van der Waals surface area contributed by atoms with Crippen LogP contribution in [-0.2, 0) is 9.84 Å². The predicted octanol–water partition coefficient (Wildman–Crippen LogP) is 4.22. The smallest absolute Gasteiger partial charge is 0.202 e. The third kappa shape index (κ3) is 5.73. The maximum atomic E-state index is 13.4. The molecule has 0 saturated carbocycles. The molecular weight excluding hydrogens is 502 g/mol. The molecular formula is C22H19ClF2N6O3S. The molecule has 182 valence electrons. The summed E-state index contributed by atoms with van der Waals surface area (Å²) in [6.07, 6.45) is 1.75. The molecule has 0 aliphatic rings. The van der Waals surface area contributed by atoms with E-state index >= 15 is 0 Å². The van der Waals surface area contributed by atoms with E-state index in [0.717, 1.165) is 18.2 Å². The molecule has 0 unspecified atom stereocenters. The highest BCUT2D eigenvalue weighted by Gasteiger charge is 2.16. The highest BCUT2D eigenvalue weighted by Crippen LogP contribution is 2.24. The van der Waals surface area contributed by atoms with E-state index < -0.39 is 21.5 Å². The second-order valence-electron chi connectivity index (χ2n) is 7.37. The molecule has 0 fully saturated rings. The first-order valence-electron chi connectivity index (χ1n) is 10.3. The molecule has 0 spiro atoms. The van der Waals surface area contributed by atoms with Gasteiger partial charge in [0.2, 0.25) is 5.95 Å². The van der Waals surface area contributed by atoms with Crippen molar-refractivity contribution in [2.24, 2.45) is 4.99 Å². The third-order valence-electron chi connectivity index (χ3n) is 4.95. The number of aromatic nitrogens is 3. The number of aliphatic imine (C=N–C) groups is 1. The Balaban J connectivity index is 1.48. The van der Waals surface area contributed by atoms with Crippen molar-refractivity contribution in [3.63, 3.8) is 0 Å². The van der Waals surface area contributed by atoms with Gasteiger partial charge in [-0.1, -0.05) is 11.6 Å². The second-order valence-corrected chi connectivity index (χ2v) is 9.88. The number of amidine groups is 1. The summed E-state index contributed by atoms with van der Waals surface area (Å²) in [5.74, 6) is -0.859. The summed E-state index contributed by atoms with van der Waals surface area (Å²) in [4.78, 5) is 15.9. The number of halogens is 3. The third-order valence-corrected chi connectivity index (χ3v) is 7.06. The molecule has 0 aliphatic carbocycles. The van der Waals surface area contributed by atoms with Crippen molar-refractivity contribution >= 4 is 50.1 Å². The Morgan fingerprint density at radius 1 is 1.14 bits per heavy atom. The Hall–Kier alpha value is -3.61. The molecule has 2 aromatic heterocycles. The quantitative estimate of drug-likeness (QED) is 0.0898. The van der Waals surface area contributed by atoms with Gasteiger partial charge in [-0.2, -0.15) is 4.98 Å². The van der Waals surface area contributed by atoms with Gasteiger partial charge in [0.15, 0.2) is 21.3 Å². The van der Waals surface area contributed by atoms with Gasteiger partial charge in [0, 0.05) is 18.3 Å². The van der Waals surface area contributed by atoms with Gasteiger partial charge in [-0.05, 0) is 55.0 Å². The van der Waals surface area contributed by atoms with Crippen molar-refractivity contribution in [3.05, 3.63) is 76.9 Å². The molecule has 2 heterocycles. The molecule has 0 bridgehead atoms. The second kappa shape index (κ2) is 10.3. The van der Waals surface area contributed by atoms with Gasteiger partial charge in [-0.25, -0.2) is 27.2 Å². The zero-order valence-electron chi connectivity index (χ0n) is 18.0. The zero-order valence-corrected chi connectivity index (χ0v) is 19.5. The fraction of sp³-hybridized carbons (Fsp3) is 0.136. The minimum Gasteiger partial charge on any atom is -0.356 e. The lowest BCUT2D eigenvalue weighted by Crippen LogP contribution is -2.20. The van der Waals surface area contributed by atoms with E-state index in [1.807, 2.05) is 5.48 Å². The normalized spacial score (nSPS) is 12.2. The summed E-state index contributed by atoms with van der Waals surface area (Å²) in [5.41, 5.74) is 3.52. The monoisotopic (exact) mass is 520 g/mol. The average Bonchev–Trinajstić information content (AvgIpc) is 3.26. The molecule has 0 amide bonds. The van der Waals surface area contributed by atoms with Crippen LogP contribution in [0, 0.1) is 11.6 Å². The van der Waals surface area contributed by atoms with E-state index in [2.05, 4.69) is 25.3 Å². The van der Waals surface area contributed by atoms with E-state index in [1.54, 1.807) is 6.07 Å². The maximum absolute atomic E-state index is 13.4. The summed E-state index contributed by atoms with van der Waals surface area (Å²) in [5, 5.41) is 12.5. The lowest BCUT2D eigenvalue weighted by Gasteiger charge is -2.06. The largest absolute Gasteiger partial charge is 0.356 e. The SMILES string of the molecule is O=S(=O)(CCCNc1nc2nccc(C(=Nc3ccc(F)c(Cl)c3)NO)c2[nH]1)c1ccc(F)cc1. The van der Waals surface area contributed by atoms with Crippen LogP contribution in [0.4, 0.5) is 20.4 Å². The van der Waals surface area contributed by atoms with Crippen molar-refractivity contribution in [1.82, 2.24) is 20.4 Å². The van der Waals surface area contributed by atoms with Crippen molar-refractivity contribution in [2.45, 2.75) is 11.3 Å². The van der Waals surface area contributed by atoms with Gasteiger partial charge in [0.1, 0.15) is 11.6 Å². The van der Waals surface area contributed by atoms with Crippen molar-refractivity contribution in [2.75, 3.05) is 17.6 Å². The lowest BCUT2D eigenvalue weighted by molar-refractivity contribution is 0.235. The van der Waals surface area contributed by atoms with E-state index in [1.165, 1.54) is 30.5 Å². The fourth-order valence-electron chi connectivity index (χ4n) is 3.25. The Morgan fingerprint density at radius 2 is 1.91 bits per heavy atom. The molecule has 0 atom stereocenters. The van der Waals surface area contributed by atoms with Crippen LogP contribution in [0.15, 0.2) is 64.6 Å². The summed E-state index contributed by atoms with van der Waals surface area (Å²) >= 11 is 5.80. The van der Waals surface area contributed by atoms with Crippen molar-refractivity contribution in [1.29, 1.82) is 0 Å². The van der Waals surface area contributed by atoms with Gasteiger partial charge < -0.3 is 10.3 Å².